The molecular weight excluding hydrogens is 320 g/mol. The first-order valence-corrected chi connectivity index (χ1v) is 8.70. The van der Waals surface area contributed by atoms with Crippen LogP contribution >= 0.6 is 0 Å². The van der Waals surface area contributed by atoms with Gasteiger partial charge in [0.15, 0.2) is 0 Å². The molecule has 1 aromatic carbocycles. The van der Waals surface area contributed by atoms with Crippen molar-refractivity contribution in [3.8, 4) is 11.8 Å². The molecule has 3 rings (SSSR count). The largest absolute Gasteiger partial charge is 0.491 e. The van der Waals surface area contributed by atoms with E-state index in [4.69, 9.17) is 10.00 Å². The summed E-state index contributed by atoms with van der Waals surface area (Å²) in [5.41, 5.74) is 0.00203. The maximum atomic E-state index is 12.7. The number of nitrogens with zero attached hydrogens (tertiary/aromatic N) is 2. The van der Waals surface area contributed by atoms with Gasteiger partial charge in [-0.05, 0) is 37.1 Å². The normalized spacial score (nSPS) is 20.6. The predicted molar refractivity (Wildman–Crippen MR) is 89.5 cm³/mol. The van der Waals surface area contributed by atoms with Gasteiger partial charge in [0.2, 0.25) is 11.8 Å². The molecule has 0 bridgehead atoms. The number of likely N-dealkylation sites (tertiary alicyclic amines) is 1. The number of nitriles is 1. The number of ether oxygens (including phenoxy) is 1. The van der Waals surface area contributed by atoms with Gasteiger partial charge >= 0.3 is 0 Å². The second kappa shape index (κ2) is 7.24. The van der Waals surface area contributed by atoms with Crippen molar-refractivity contribution < 1.29 is 19.4 Å². The molecule has 1 heterocycles. The maximum Gasteiger partial charge on any atom is 0.235 e. The molecule has 0 radical (unpaired) electrons. The van der Waals surface area contributed by atoms with Gasteiger partial charge in [-0.25, -0.2) is 0 Å². The Labute approximate surface area is 147 Å². The molecule has 1 saturated carbocycles. The van der Waals surface area contributed by atoms with Crippen LogP contribution in [-0.4, -0.2) is 41.1 Å². The van der Waals surface area contributed by atoms with Crippen molar-refractivity contribution in [2.75, 3.05) is 13.2 Å². The Morgan fingerprint density at radius 3 is 2.52 bits per heavy atom. The number of β-amino-alcohol motifs (C(OH)–C–C–N with tert-alkyl or cyclic N) is 1. The second-order valence-electron chi connectivity index (χ2n) is 6.93. The van der Waals surface area contributed by atoms with Gasteiger partial charge in [-0.1, -0.05) is 19.3 Å². The van der Waals surface area contributed by atoms with E-state index in [9.17, 15) is 14.7 Å². The van der Waals surface area contributed by atoms with Crippen LogP contribution in [-0.2, 0) is 9.59 Å². The monoisotopic (exact) mass is 342 g/mol. The standard InChI is InChI=1S/C19H22N2O4/c20-11-14-4-6-16(7-5-14)25-13-15(22)12-21-17(23)10-19(18(21)24)8-2-1-3-9-19/h4-7,15,22H,1-3,8-10,12-13H2/t15-/m1/s1. The van der Waals surface area contributed by atoms with Crippen molar-refractivity contribution in [2.45, 2.75) is 44.6 Å². The van der Waals surface area contributed by atoms with Crippen LogP contribution in [0.1, 0.15) is 44.1 Å². The van der Waals surface area contributed by atoms with Gasteiger partial charge in [-0.15, -0.1) is 0 Å². The summed E-state index contributed by atoms with van der Waals surface area (Å²) in [6.45, 7) is -0.0499. The number of imide groups is 1. The van der Waals surface area contributed by atoms with E-state index < -0.39 is 11.5 Å². The molecule has 1 aromatic rings. The Morgan fingerprint density at radius 2 is 1.88 bits per heavy atom. The molecule has 2 amide bonds. The van der Waals surface area contributed by atoms with Crippen molar-refractivity contribution in [1.82, 2.24) is 4.90 Å². The van der Waals surface area contributed by atoms with E-state index in [1.165, 1.54) is 4.90 Å². The minimum atomic E-state index is -0.942. The zero-order valence-corrected chi connectivity index (χ0v) is 14.1. The molecule has 132 valence electrons. The molecule has 2 fully saturated rings. The van der Waals surface area contributed by atoms with E-state index in [-0.39, 0.29) is 31.4 Å². The molecule has 1 atom stereocenters. The Balaban J connectivity index is 1.55. The Morgan fingerprint density at radius 1 is 1.20 bits per heavy atom. The summed E-state index contributed by atoms with van der Waals surface area (Å²) in [6, 6.07) is 8.57. The highest BCUT2D eigenvalue weighted by Crippen LogP contribution is 2.45. The molecule has 1 saturated heterocycles. The van der Waals surface area contributed by atoms with Crippen molar-refractivity contribution in [1.29, 1.82) is 5.26 Å². The lowest BCUT2D eigenvalue weighted by Crippen LogP contribution is -2.42. The fourth-order valence-electron chi connectivity index (χ4n) is 3.75. The first kappa shape index (κ1) is 17.4. The highest BCUT2D eigenvalue weighted by Gasteiger charge is 2.51. The van der Waals surface area contributed by atoms with E-state index >= 15 is 0 Å². The summed E-state index contributed by atoms with van der Waals surface area (Å²) in [5.74, 6) is 0.208. The number of hydrogen-bond acceptors (Lipinski definition) is 5. The number of carbonyl (C=O) groups is 2. The number of amides is 2. The third-order valence-electron chi connectivity index (χ3n) is 5.12. The van der Waals surface area contributed by atoms with Crippen LogP contribution in [0.3, 0.4) is 0 Å². The highest BCUT2D eigenvalue weighted by atomic mass is 16.5. The SMILES string of the molecule is N#Cc1ccc(OC[C@H](O)CN2C(=O)CC3(CCCCC3)C2=O)cc1. The fraction of sp³-hybridized carbons (Fsp3) is 0.526. The maximum absolute atomic E-state index is 12.7. The summed E-state index contributed by atoms with van der Waals surface area (Å²) in [4.78, 5) is 26.2. The summed E-state index contributed by atoms with van der Waals surface area (Å²) in [5, 5.41) is 18.9. The highest BCUT2D eigenvalue weighted by molar-refractivity contribution is 6.06. The van der Waals surface area contributed by atoms with E-state index in [1.54, 1.807) is 24.3 Å². The zero-order valence-electron chi connectivity index (χ0n) is 14.1. The van der Waals surface area contributed by atoms with Gasteiger partial charge in [0, 0.05) is 6.42 Å². The van der Waals surface area contributed by atoms with Crippen LogP contribution in [0.15, 0.2) is 24.3 Å². The Hall–Kier alpha value is -2.39. The Bertz CT molecular complexity index is 686. The van der Waals surface area contributed by atoms with Crippen molar-refractivity contribution in [3.05, 3.63) is 29.8 Å². The average Bonchev–Trinajstić information content (AvgIpc) is 2.85. The van der Waals surface area contributed by atoms with Crippen LogP contribution in [0.5, 0.6) is 5.75 Å². The molecule has 1 aliphatic carbocycles. The lowest BCUT2D eigenvalue weighted by atomic mass is 9.73. The quantitative estimate of drug-likeness (QED) is 0.827. The predicted octanol–water partition coefficient (Wildman–Crippen LogP) is 2.01. The van der Waals surface area contributed by atoms with Crippen molar-refractivity contribution in [3.63, 3.8) is 0 Å². The van der Waals surface area contributed by atoms with E-state index in [2.05, 4.69) is 0 Å². The topological polar surface area (TPSA) is 90.6 Å². The smallest absolute Gasteiger partial charge is 0.235 e. The summed E-state index contributed by atoms with van der Waals surface area (Å²) in [6.07, 6.45) is 3.95. The molecule has 1 N–H and O–H groups in total. The van der Waals surface area contributed by atoms with Gasteiger partial charge in [0.05, 0.1) is 23.6 Å². The minimum absolute atomic E-state index is 0.0179. The molecule has 25 heavy (non-hydrogen) atoms. The van der Waals surface area contributed by atoms with Gasteiger partial charge < -0.3 is 9.84 Å². The third-order valence-corrected chi connectivity index (χ3v) is 5.12. The molecule has 6 nitrogen and oxygen atoms in total. The molecule has 6 heteroatoms. The zero-order chi connectivity index (χ0) is 17.9. The van der Waals surface area contributed by atoms with Crippen LogP contribution < -0.4 is 4.74 Å². The van der Waals surface area contributed by atoms with Gasteiger partial charge in [0.25, 0.3) is 0 Å². The molecule has 1 aliphatic heterocycles. The van der Waals surface area contributed by atoms with Crippen LogP contribution in [0.25, 0.3) is 0 Å². The molecular formula is C19H22N2O4. The van der Waals surface area contributed by atoms with E-state index in [0.29, 0.717) is 11.3 Å². The van der Waals surface area contributed by atoms with Crippen LogP contribution in [0.4, 0.5) is 0 Å². The second-order valence-corrected chi connectivity index (χ2v) is 6.93. The first-order valence-electron chi connectivity index (χ1n) is 8.70. The number of rotatable bonds is 5. The van der Waals surface area contributed by atoms with Gasteiger partial charge in [-0.3, -0.25) is 14.5 Å². The lowest BCUT2D eigenvalue weighted by molar-refractivity contribution is -0.144. The van der Waals surface area contributed by atoms with Crippen LogP contribution in [0.2, 0.25) is 0 Å². The Kier molecular flexibility index (Phi) is 5.05. The summed E-state index contributed by atoms with van der Waals surface area (Å²) in [7, 11) is 0. The minimum Gasteiger partial charge on any atom is -0.491 e. The number of hydrogen-bond donors (Lipinski definition) is 1. The molecule has 2 aliphatic rings. The van der Waals surface area contributed by atoms with Gasteiger partial charge in [0.1, 0.15) is 18.5 Å². The number of aliphatic hydroxyl groups is 1. The summed E-state index contributed by atoms with van der Waals surface area (Å²) >= 11 is 0. The third kappa shape index (κ3) is 3.67. The van der Waals surface area contributed by atoms with Crippen molar-refractivity contribution >= 4 is 11.8 Å². The van der Waals surface area contributed by atoms with Crippen molar-refractivity contribution in [2.24, 2.45) is 5.41 Å². The number of aliphatic hydroxyl groups excluding tert-OH is 1. The number of carbonyl (C=O) groups excluding carboxylic acids is 2. The molecule has 1 spiro atoms. The van der Waals surface area contributed by atoms with Crippen LogP contribution in [0, 0.1) is 16.7 Å². The van der Waals surface area contributed by atoms with E-state index in [0.717, 1.165) is 32.1 Å². The molecule has 0 unspecified atom stereocenters. The number of benzene rings is 1. The molecule has 0 aromatic heterocycles. The lowest BCUT2D eigenvalue weighted by Gasteiger charge is -2.30. The first-order chi connectivity index (χ1) is 12.0. The fourth-order valence-corrected chi connectivity index (χ4v) is 3.75. The van der Waals surface area contributed by atoms with E-state index in [1.807, 2.05) is 6.07 Å². The summed E-state index contributed by atoms with van der Waals surface area (Å²) < 4.78 is 5.48. The van der Waals surface area contributed by atoms with Gasteiger partial charge in [-0.2, -0.15) is 5.26 Å². The average molecular weight is 342 g/mol.